The number of rotatable bonds is 2. The highest BCUT2D eigenvalue weighted by atomic mass is 32.1. The molecule has 0 N–H and O–H groups in total. The summed E-state index contributed by atoms with van der Waals surface area (Å²) in [5.74, 6) is -0.692. The minimum atomic E-state index is -4.66. The molecule has 2 atom stereocenters. The van der Waals surface area contributed by atoms with Crippen LogP contribution in [0.5, 0.6) is 0 Å². The SMILES string of the molecule is CC(=O)OC1N(C)CC[N+]1([O-])c1nnc(C(F)(F)F)s1. The average molecular weight is 312 g/mol. The minimum Gasteiger partial charge on any atom is -0.622 e. The number of aromatic nitrogens is 2. The minimum absolute atomic E-state index is 0.0685. The van der Waals surface area contributed by atoms with E-state index in [1.54, 1.807) is 0 Å². The van der Waals surface area contributed by atoms with Gasteiger partial charge in [-0.25, -0.2) is 4.90 Å². The van der Waals surface area contributed by atoms with Crippen molar-refractivity contribution in [2.45, 2.75) is 19.5 Å². The van der Waals surface area contributed by atoms with E-state index in [2.05, 4.69) is 10.2 Å². The lowest BCUT2D eigenvalue weighted by Crippen LogP contribution is -2.53. The molecule has 1 aromatic rings. The van der Waals surface area contributed by atoms with Gasteiger partial charge in [0.05, 0.1) is 6.54 Å². The van der Waals surface area contributed by atoms with Crippen LogP contribution in [0.4, 0.5) is 18.3 Å². The molecule has 1 aliphatic rings. The Morgan fingerprint density at radius 3 is 2.70 bits per heavy atom. The fraction of sp³-hybridized carbons (Fsp3) is 0.667. The number of hydrogen-bond acceptors (Lipinski definition) is 7. The normalized spacial score (nSPS) is 27.8. The zero-order valence-corrected chi connectivity index (χ0v) is 11.4. The van der Waals surface area contributed by atoms with Crippen LogP contribution >= 0.6 is 11.3 Å². The summed E-state index contributed by atoms with van der Waals surface area (Å²) in [4.78, 5) is 12.5. The van der Waals surface area contributed by atoms with E-state index in [0.717, 1.165) is 6.92 Å². The van der Waals surface area contributed by atoms with E-state index < -0.39 is 28.2 Å². The number of carbonyl (C=O) groups is 1. The topological polar surface area (TPSA) is 78.4 Å². The molecule has 0 spiro atoms. The highest BCUT2D eigenvalue weighted by Crippen LogP contribution is 2.39. The maximum Gasteiger partial charge on any atom is 0.445 e. The first-order valence-corrected chi connectivity index (χ1v) is 6.34. The molecule has 2 heterocycles. The number of ether oxygens (including phenoxy) is 1. The molecule has 20 heavy (non-hydrogen) atoms. The number of likely N-dealkylation sites (N-methyl/N-ethyl adjacent to an activating group) is 1. The van der Waals surface area contributed by atoms with Gasteiger partial charge in [0, 0.05) is 6.92 Å². The number of quaternary nitrogens is 1. The smallest absolute Gasteiger partial charge is 0.445 e. The second-order valence-electron chi connectivity index (χ2n) is 4.32. The van der Waals surface area contributed by atoms with Gasteiger partial charge in [-0.1, -0.05) is 5.10 Å². The van der Waals surface area contributed by atoms with Crippen molar-refractivity contribution in [1.29, 1.82) is 0 Å². The molecule has 1 saturated heterocycles. The third-order valence-electron chi connectivity index (χ3n) is 2.77. The van der Waals surface area contributed by atoms with E-state index in [-0.39, 0.29) is 29.6 Å². The Morgan fingerprint density at radius 1 is 1.55 bits per heavy atom. The van der Waals surface area contributed by atoms with E-state index in [1.807, 2.05) is 0 Å². The van der Waals surface area contributed by atoms with Crippen molar-refractivity contribution in [2.75, 3.05) is 20.1 Å². The summed E-state index contributed by atoms with van der Waals surface area (Å²) in [6.45, 7) is 1.32. The predicted molar refractivity (Wildman–Crippen MR) is 63.1 cm³/mol. The highest BCUT2D eigenvalue weighted by molar-refractivity contribution is 7.15. The third-order valence-corrected chi connectivity index (χ3v) is 3.85. The summed E-state index contributed by atoms with van der Waals surface area (Å²) in [6.07, 6.45) is -5.90. The first kappa shape index (κ1) is 15.1. The van der Waals surface area contributed by atoms with Gasteiger partial charge in [-0.15, -0.1) is 5.10 Å². The van der Waals surface area contributed by atoms with Gasteiger partial charge < -0.3 is 9.94 Å². The molecule has 0 amide bonds. The van der Waals surface area contributed by atoms with Crippen LogP contribution in [0.25, 0.3) is 0 Å². The van der Waals surface area contributed by atoms with Gasteiger partial charge >= 0.3 is 23.6 Å². The van der Waals surface area contributed by atoms with E-state index in [0.29, 0.717) is 0 Å². The molecule has 0 aromatic carbocycles. The second kappa shape index (κ2) is 4.91. The fourth-order valence-corrected chi connectivity index (χ4v) is 2.63. The van der Waals surface area contributed by atoms with Gasteiger partial charge in [0.15, 0.2) is 0 Å². The van der Waals surface area contributed by atoms with Gasteiger partial charge in [0.25, 0.3) is 0 Å². The number of hydroxylamine groups is 2. The van der Waals surface area contributed by atoms with E-state index in [4.69, 9.17) is 4.74 Å². The Balaban J connectivity index is 2.33. The van der Waals surface area contributed by atoms with Crippen LogP contribution < -0.4 is 4.65 Å². The molecule has 1 aromatic heterocycles. The largest absolute Gasteiger partial charge is 0.622 e. The number of nitrogens with zero attached hydrogens (tertiary/aromatic N) is 4. The van der Waals surface area contributed by atoms with Crippen LogP contribution in [-0.4, -0.2) is 47.6 Å². The van der Waals surface area contributed by atoms with Crippen molar-refractivity contribution in [2.24, 2.45) is 0 Å². The Hall–Kier alpha value is -1.30. The maximum absolute atomic E-state index is 12.7. The molecule has 0 bridgehead atoms. The molecule has 0 saturated carbocycles. The lowest BCUT2D eigenvalue weighted by molar-refractivity contribution is -0.161. The Bertz CT molecular complexity index is 523. The number of esters is 1. The van der Waals surface area contributed by atoms with Crippen molar-refractivity contribution in [1.82, 2.24) is 19.7 Å². The molecule has 1 fully saturated rings. The van der Waals surface area contributed by atoms with Crippen LogP contribution in [0.15, 0.2) is 0 Å². The summed E-state index contributed by atoms with van der Waals surface area (Å²) in [6, 6.07) is 0. The summed E-state index contributed by atoms with van der Waals surface area (Å²) in [7, 11) is 1.54. The molecular weight excluding hydrogens is 301 g/mol. The average Bonchev–Trinajstić information content (AvgIpc) is 2.90. The molecular formula is C9H11F3N4O3S. The highest BCUT2D eigenvalue weighted by Gasteiger charge is 2.47. The van der Waals surface area contributed by atoms with Crippen LogP contribution in [0.1, 0.15) is 11.9 Å². The Labute approximate surface area is 115 Å². The zero-order valence-electron chi connectivity index (χ0n) is 10.5. The van der Waals surface area contributed by atoms with Crippen LogP contribution in [0, 0.1) is 5.21 Å². The number of hydrogen-bond donors (Lipinski definition) is 0. The van der Waals surface area contributed by atoms with Crippen molar-refractivity contribution >= 4 is 22.4 Å². The van der Waals surface area contributed by atoms with E-state index >= 15 is 0 Å². The lowest BCUT2D eigenvalue weighted by atomic mass is 10.6. The maximum atomic E-state index is 12.7. The standard InChI is InChI=1S/C9H11F3N4O3S/c1-5(17)19-8-15(2)3-4-16(8,18)7-14-13-6(20-7)9(10,11)12/h8H,3-4H2,1-2H3. The van der Waals surface area contributed by atoms with E-state index in [1.165, 1.54) is 11.9 Å². The van der Waals surface area contributed by atoms with Crippen molar-refractivity contribution < 1.29 is 22.7 Å². The van der Waals surface area contributed by atoms with Crippen LogP contribution in [0.2, 0.25) is 0 Å². The molecule has 1 aliphatic heterocycles. The third kappa shape index (κ3) is 2.61. The van der Waals surface area contributed by atoms with Gasteiger partial charge in [-0.05, 0) is 18.4 Å². The zero-order chi connectivity index (χ0) is 15.1. The van der Waals surface area contributed by atoms with Gasteiger partial charge in [0.2, 0.25) is 5.01 Å². The molecule has 0 radical (unpaired) electrons. The molecule has 112 valence electrons. The quantitative estimate of drug-likeness (QED) is 0.463. The Kier molecular flexibility index (Phi) is 3.71. The first-order chi connectivity index (χ1) is 9.14. The summed E-state index contributed by atoms with van der Waals surface area (Å²) in [5, 5.41) is 17.4. The van der Waals surface area contributed by atoms with Crippen LogP contribution in [-0.2, 0) is 15.7 Å². The lowest BCUT2D eigenvalue weighted by Gasteiger charge is -2.39. The summed E-state index contributed by atoms with van der Waals surface area (Å²) in [5.41, 5.74) is 0. The summed E-state index contributed by atoms with van der Waals surface area (Å²) >= 11 is 0.163. The van der Waals surface area contributed by atoms with Gasteiger partial charge in [-0.2, -0.15) is 13.2 Å². The Morgan fingerprint density at radius 2 is 2.20 bits per heavy atom. The van der Waals surface area contributed by atoms with Gasteiger partial charge in [0.1, 0.15) is 6.54 Å². The molecule has 2 rings (SSSR count). The predicted octanol–water partition coefficient (Wildman–Crippen LogP) is 1.15. The van der Waals surface area contributed by atoms with E-state index in [9.17, 15) is 23.2 Å². The molecule has 2 unspecified atom stereocenters. The number of halogens is 3. The molecule has 7 nitrogen and oxygen atoms in total. The van der Waals surface area contributed by atoms with Crippen molar-refractivity contribution in [3.05, 3.63) is 10.2 Å². The fourth-order valence-electron chi connectivity index (χ4n) is 1.84. The van der Waals surface area contributed by atoms with Gasteiger partial charge in [-0.3, -0.25) is 9.44 Å². The number of carbonyl (C=O) groups excluding carboxylic acids is 1. The van der Waals surface area contributed by atoms with Crippen molar-refractivity contribution in [3.8, 4) is 0 Å². The second-order valence-corrected chi connectivity index (χ2v) is 5.28. The number of alkyl halides is 3. The van der Waals surface area contributed by atoms with Crippen molar-refractivity contribution in [3.63, 3.8) is 0 Å². The summed E-state index contributed by atoms with van der Waals surface area (Å²) < 4.78 is 41.1. The first-order valence-electron chi connectivity index (χ1n) is 5.52. The monoisotopic (exact) mass is 312 g/mol. The molecule has 11 heteroatoms. The van der Waals surface area contributed by atoms with Crippen LogP contribution in [0.3, 0.4) is 0 Å². The molecule has 0 aliphatic carbocycles.